The Labute approximate surface area is 161 Å². The number of hydrogen-bond donors (Lipinski definition) is 0. The standard InChI is InChI=1S/C19H18BrNO4S/c1-3-21(26(23,24)16-8-9-17(20)13(2)10-16)19(22)15-11-14-6-4-5-7-18(14)25-12-15/h4-11H,3,12H2,1-2H3. The van der Waals surface area contributed by atoms with Crippen molar-refractivity contribution < 1.29 is 17.9 Å². The van der Waals surface area contributed by atoms with Crippen molar-refractivity contribution in [3.05, 3.63) is 63.6 Å². The second-order valence-electron chi connectivity index (χ2n) is 5.88. The molecule has 26 heavy (non-hydrogen) atoms. The van der Waals surface area contributed by atoms with Crippen LogP contribution in [0.2, 0.25) is 0 Å². The van der Waals surface area contributed by atoms with Gasteiger partial charge < -0.3 is 4.74 Å². The van der Waals surface area contributed by atoms with Gasteiger partial charge in [-0.25, -0.2) is 12.7 Å². The second-order valence-corrected chi connectivity index (χ2v) is 8.60. The van der Waals surface area contributed by atoms with E-state index in [1.165, 1.54) is 6.07 Å². The molecule has 0 bridgehead atoms. The zero-order valence-electron chi connectivity index (χ0n) is 14.4. The third kappa shape index (κ3) is 3.41. The molecule has 0 saturated heterocycles. The maximum atomic E-state index is 13.0. The van der Waals surface area contributed by atoms with Crippen molar-refractivity contribution in [2.75, 3.05) is 13.2 Å². The van der Waals surface area contributed by atoms with Crippen molar-refractivity contribution in [3.63, 3.8) is 0 Å². The molecule has 0 aromatic heterocycles. The first kappa shape index (κ1) is 18.7. The van der Waals surface area contributed by atoms with Gasteiger partial charge in [0.15, 0.2) is 0 Å². The highest BCUT2D eigenvalue weighted by molar-refractivity contribution is 9.10. The van der Waals surface area contributed by atoms with Gasteiger partial charge in [-0.1, -0.05) is 34.1 Å². The van der Waals surface area contributed by atoms with Crippen LogP contribution in [0, 0.1) is 6.92 Å². The number of benzene rings is 2. The van der Waals surface area contributed by atoms with Crippen LogP contribution in [0.5, 0.6) is 5.75 Å². The van der Waals surface area contributed by atoms with E-state index in [0.29, 0.717) is 11.3 Å². The number of aryl methyl sites for hydroxylation is 1. The monoisotopic (exact) mass is 435 g/mol. The minimum Gasteiger partial charge on any atom is -0.488 e. The number of amides is 1. The van der Waals surface area contributed by atoms with Crippen molar-refractivity contribution in [2.24, 2.45) is 0 Å². The van der Waals surface area contributed by atoms with Crippen molar-refractivity contribution in [1.29, 1.82) is 0 Å². The molecule has 0 atom stereocenters. The van der Waals surface area contributed by atoms with Gasteiger partial charge in [0, 0.05) is 16.6 Å². The number of carbonyl (C=O) groups is 1. The number of halogens is 1. The van der Waals surface area contributed by atoms with Crippen molar-refractivity contribution in [1.82, 2.24) is 4.31 Å². The van der Waals surface area contributed by atoms with Gasteiger partial charge in [-0.3, -0.25) is 4.79 Å². The van der Waals surface area contributed by atoms with Gasteiger partial charge in [0.25, 0.3) is 15.9 Å². The molecular weight excluding hydrogens is 418 g/mol. The highest BCUT2D eigenvalue weighted by Crippen LogP contribution is 2.28. The Bertz CT molecular complexity index is 998. The smallest absolute Gasteiger partial charge is 0.267 e. The number of nitrogens with zero attached hydrogens (tertiary/aromatic N) is 1. The van der Waals surface area contributed by atoms with E-state index >= 15 is 0 Å². The number of hydrogen-bond acceptors (Lipinski definition) is 4. The fourth-order valence-electron chi connectivity index (χ4n) is 2.73. The van der Waals surface area contributed by atoms with Crippen LogP contribution in [-0.2, 0) is 14.8 Å². The second kappa shape index (κ2) is 7.25. The SMILES string of the molecule is CCN(C(=O)C1=Cc2ccccc2OC1)S(=O)(=O)c1ccc(Br)c(C)c1. The molecule has 1 heterocycles. The van der Waals surface area contributed by atoms with Crippen LogP contribution in [0.15, 0.2) is 57.4 Å². The number of rotatable bonds is 4. The van der Waals surface area contributed by atoms with E-state index in [9.17, 15) is 13.2 Å². The number of likely N-dealkylation sites (N-methyl/N-ethyl adjacent to an activating group) is 1. The lowest BCUT2D eigenvalue weighted by atomic mass is 10.1. The largest absolute Gasteiger partial charge is 0.488 e. The van der Waals surface area contributed by atoms with E-state index in [4.69, 9.17) is 4.74 Å². The summed E-state index contributed by atoms with van der Waals surface area (Å²) in [5.41, 5.74) is 1.85. The summed E-state index contributed by atoms with van der Waals surface area (Å²) >= 11 is 3.36. The predicted molar refractivity (Wildman–Crippen MR) is 103 cm³/mol. The molecule has 0 aliphatic carbocycles. The summed E-state index contributed by atoms with van der Waals surface area (Å²) in [4.78, 5) is 13.0. The lowest BCUT2D eigenvalue weighted by Crippen LogP contribution is -2.39. The maximum Gasteiger partial charge on any atom is 0.267 e. The average molecular weight is 436 g/mol. The van der Waals surface area contributed by atoms with Gasteiger partial charge in [0.05, 0.1) is 10.5 Å². The van der Waals surface area contributed by atoms with E-state index < -0.39 is 15.9 Å². The van der Waals surface area contributed by atoms with E-state index in [-0.39, 0.29) is 18.0 Å². The molecule has 5 nitrogen and oxygen atoms in total. The summed E-state index contributed by atoms with van der Waals surface area (Å²) in [5.74, 6) is 0.112. The van der Waals surface area contributed by atoms with Crippen LogP contribution < -0.4 is 4.74 Å². The minimum absolute atomic E-state index is 0.0370. The molecule has 0 saturated carbocycles. The van der Waals surface area contributed by atoms with Crippen molar-refractivity contribution >= 4 is 37.9 Å². The molecule has 2 aromatic rings. The van der Waals surface area contributed by atoms with Crippen LogP contribution in [-0.4, -0.2) is 31.8 Å². The highest BCUT2D eigenvalue weighted by atomic mass is 79.9. The molecule has 2 aromatic carbocycles. The Hall–Kier alpha value is -2.12. The summed E-state index contributed by atoms with van der Waals surface area (Å²) in [6.07, 6.45) is 1.69. The molecule has 0 spiro atoms. The summed E-state index contributed by atoms with van der Waals surface area (Å²) < 4.78 is 33.2. The summed E-state index contributed by atoms with van der Waals surface area (Å²) in [5, 5.41) is 0. The lowest BCUT2D eigenvalue weighted by Gasteiger charge is -2.24. The zero-order chi connectivity index (χ0) is 18.9. The Morgan fingerprint density at radius 2 is 1.96 bits per heavy atom. The third-order valence-electron chi connectivity index (χ3n) is 4.14. The Morgan fingerprint density at radius 3 is 2.65 bits per heavy atom. The topological polar surface area (TPSA) is 63.7 Å². The van der Waals surface area contributed by atoms with Gasteiger partial charge in [-0.2, -0.15) is 0 Å². The Balaban J connectivity index is 1.97. The van der Waals surface area contributed by atoms with E-state index in [1.54, 1.807) is 32.1 Å². The van der Waals surface area contributed by atoms with Crippen LogP contribution in [0.25, 0.3) is 6.08 Å². The van der Waals surface area contributed by atoms with E-state index in [0.717, 1.165) is 19.9 Å². The molecule has 136 valence electrons. The number of ether oxygens (including phenoxy) is 1. The quantitative estimate of drug-likeness (QED) is 0.732. The van der Waals surface area contributed by atoms with Gasteiger partial charge in [0.1, 0.15) is 12.4 Å². The molecule has 0 unspecified atom stereocenters. The van der Waals surface area contributed by atoms with Crippen molar-refractivity contribution in [2.45, 2.75) is 18.7 Å². The summed E-state index contributed by atoms with van der Waals surface area (Å²) in [6.45, 7) is 3.52. The summed E-state index contributed by atoms with van der Waals surface area (Å²) in [7, 11) is -3.95. The van der Waals surface area contributed by atoms with Gasteiger partial charge in [-0.15, -0.1) is 0 Å². The van der Waals surface area contributed by atoms with Gasteiger partial charge in [0.2, 0.25) is 0 Å². The fraction of sp³-hybridized carbons (Fsp3) is 0.211. The number of sulfonamides is 1. The molecule has 7 heteroatoms. The molecule has 0 N–H and O–H groups in total. The normalized spacial score (nSPS) is 13.4. The average Bonchev–Trinajstić information content (AvgIpc) is 2.63. The molecule has 1 aliphatic rings. The van der Waals surface area contributed by atoms with Gasteiger partial charge >= 0.3 is 0 Å². The number of para-hydroxylation sites is 1. The maximum absolute atomic E-state index is 13.0. The van der Waals surface area contributed by atoms with E-state index in [2.05, 4.69) is 15.9 Å². The first-order valence-electron chi connectivity index (χ1n) is 8.10. The molecule has 1 amide bonds. The summed E-state index contributed by atoms with van der Waals surface area (Å²) in [6, 6.07) is 12.0. The highest BCUT2D eigenvalue weighted by Gasteiger charge is 2.31. The molecule has 3 rings (SSSR count). The van der Waals surface area contributed by atoms with Gasteiger partial charge in [-0.05, 0) is 49.8 Å². The molecular formula is C19H18BrNO4S. The predicted octanol–water partition coefficient (Wildman–Crippen LogP) is 3.77. The molecule has 0 fully saturated rings. The minimum atomic E-state index is -3.95. The molecule has 0 radical (unpaired) electrons. The van der Waals surface area contributed by atoms with Crippen LogP contribution in [0.4, 0.5) is 0 Å². The van der Waals surface area contributed by atoms with Crippen LogP contribution in [0.3, 0.4) is 0 Å². The third-order valence-corrected chi connectivity index (χ3v) is 6.88. The zero-order valence-corrected chi connectivity index (χ0v) is 16.8. The Kier molecular flexibility index (Phi) is 5.20. The first-order chi connectivity index (χ1) is 12.3. The van der Waals surface area contributed by atoms with Crippen LogP contribution >= 0.6 is 15.9 Å². The number of fused-ring (bicyclic) bond motifs is 1. The Morgan fingerprint density at radius 1 is 1.23 bits per heavy atom. The lowest BCUT2D eigenvalue weighted by molar-refractivity contribution is -0.122. The molecule has 1 aliphatic heterocycles. The van der Waals surface area contributed by atoms with Crippen molar-refractivity contribution in [3.8, 4) is 5.75 Å². The number of carbonyl (C=O) groups excluding carboxylic acids is 1. The first-order valence-corrected chi connectivity index (χ1v) is 10.3. The van der Waals surface area contributed by atoms with Crippen LogP contribution in [0.1, 0.15) is 18.1 Å². The fourth-order valence-corrected chi connectivity index (χ4v) is 4.47. The van der Waals surface area contributed by atoms with E-state index in [1.807, 2.05) is 24.3 Å².